The number of hydrogen-bond acceptors (Lipinski definition) is 2. The monoisotopic (exact) mass is 227 g/mol. The lowest BCUT2D eigenvalue weighted by Gasteiger charge is -2.04. The van der Waals surface area contributed by atoms with Crippen LogP contribution in [0.3, 0.4) is 0 Å². The number of benzene rings is 2. The van der Waals surface area contributed by atoms with Gasteiger partial charge in [-0.05, 0) is 22.8 Å². The molecular weight excluding hydrogens is 214 g/mol. The second-order valence-corrected chi connectivity index (χ2v) is 3.84. The zero-order valence-corrected chi connectivity index (χ0v) is 9.35. The first kappa shape index (κ1) is 11.3. The van der Waals surface area contributed by atoms with Gasteiger partial charge in [-0.15, -0.1) is 0 Å². The van der Waals surface area contributed by atoms with Crippen molar-refractivity contribution in [2.45, 2.75) is 6.42 Å². The predicted molar refractivity (Wildman–Crippen MR) is 66.7 cm³/mol. The highest BCUT2D eigenvalue weighted by atomic mass is 16.2. The third kappa shape index (κ3) is 2.91. The van der Waals surface area contributed by atoms with Crippen LogP contribution in [0.4, 0.5) is 0 Å². The smallest absolute Gasteiger partial charge is 0.284 e. The summed E-state index contributed by atoms with van der Waals surface area (Å²) in [6, 6.07) is 14.3. The van der Waals surface area contributed by atoms with Crippen LogP contribution in [0.25, 0.3) is 10.8 Å². The Morgan fingerprint density at radius 2 is 1.88 bits per heavy atom. The van der Waals surface area contributed by atoms with E-state index < -0.39 is 5.91 Å². The summed E-state index contributed by atoms with van der Waals surface area (Å²) in [5.74, 6) is -0.564. The third-order valence-corrected chi connectivity index (χ3v) is 2.63. The van der Waals surface area contributed by atoms with Crippen molar-refractivity contribution >= 4 is 23.0 Å². The summed E-state index contributed by atoms with van der Waals surface area (Å²) in [5.41, 5.74) is 1.15. The molecule has 2 rings (SSSR count). The number of amides is 1. The van der Waals surface area contributed by atoms with Gasteiger partial charge in [-0.1, -0.05) is 42.5 Å². The third-order valence-electron chi connectivity index (χ3n) is 2.63. The van der Waals surface area contributed by atoms with Gasteiger partial charge >= 0.3 is 0 Å². The van der Waals surface area contributed by atoms with Crippen molar-refractivity contribution < 1.29 is 9.59 Å². The van der Waals surface area contributed by atoms with Crippen LogP contribution in [0.5, 0.6) is 0 Å². The Bertz CT molecular complexity index is 549. The van der Waals surface area contributed by atoms with E-state index in [0.717, 1.165) is 12.0 Å². The second kappa shape index (κ2) is 5.25. The molecule has 0 radical (unpaired) electrons. The summed E-state index contributed by atoms with van der Waals surface area (Å²) in [5, 5.41) is 4.91. The first-order valence-corrected chi connectivity index (χ1v) is 5.50. The van der Waals surface area contributed by atoms with E-state index in [4.69, 9.17) is 0 Å². The van der Waals surface area contributed by atoms with Gasteiger partial charge in [0.05, 0.1) is 0 Å². The van der Waals surface area contributed by atoms with Crippen LogP contribution in [-0.2, 0) is 16.0 Å². The molecule has 0 aliphatic heterocycles. The molecule has 1 amide bonds. The average molecular weight is 227 g/mol. The highest BCUT2D eigenvalue weighted by molar-refractivity contribution is 6.23. The van der Waals surface area contributed by atoms with Crippen LogP contribution in [0, 0.1) is 0 Å². The van der Waals surface area contributed by atoms with Gasteiger partial charge in [0, 0.05) is 6.54 Å². The molecule has 0 atom stereocenters. The summed E-state index contributed by atoms with van der Waals surface area (Å²) in [4.78, 5) is 20.8. The van der Waals surface area contributed by atoms with Gasteiger partial charge in [0.15, 0.2) is 0 Å². The van der Waals surface area contributed by atoms with Crippen molar-refractivity contribution in [2.75, 3.05) is 6.54 Å². The fraction of sp³-hybridized carbons (Fsp3) is 0.143. The molecule has 0 bridgehead atoms. The molecular formula is C14H13NO2. The summed E-state index contributed by atoms with van der Waals surface area (Å²) in [7, 11) is 0. The minimum Gasteiger partial charge on any atom is -0.349 e. The first-order valence-electron chi connectivity index (χ1n) is 5.50. The lowest BCUT2D eigenvalue weighted by molar-refractivity contribution is -0.131. The summed E-state index contributed by atoms with van der Waals surface area (Å²) in [6.07, 6.45) is 1.02. The number of hydrogen-bond donors (Lipinski definition) is 1. The molecule has 0 aromatic heterocycles. The van der Waals surface area contributed by atoms with E-state index in [1.54, 1.807) is 0 Å². The Morgan fingerprint density at radius 3 is 2.65 bits per heavy atom. The number of carbonyl (C=O) groups is 2. The van der Waals surface area contributed by atoms with Crippen LogP contribution >= 0.6 is 0 Å². The van der Waals surface area contributed by atoms with E-state index >= 15 is 0 Å². The minimum atomic E-state index is -0.564. The van der Waals surface area contributed by atoms with Crippen molar-refractivity contribution in [1.29, 1.82) is 0 Å². The Kier molecular flexibility index (Phi) is 3.50. The number of fused-ring (bicyclic) bond motifs is 1. The number of rotatable bonds is 4. The minimum absolute atomic E-state index is 0.292. The molecule has 86 valence electrons. The fourth-order valence-corrected chi connectivity index (χ4v) is 1.77. The standard InChI is InChI=1S/C14H13NO2/c16-10-14(17)15-8-7-11-5-6-12-3-1-2-4-13(12)9-11/h1-6,9-10H,7-8H2,(H,15,17). The molecule has 3 nitrogen and oxygen atoms in total. The molecule has 1 N–H and O–H groups in total. The quantitative estimate of drug-likeness (QED) is 0.638. The Morgan fingerprint density at radius 1 is 1.12 bits per heavy atom. The van der Waals surface area contributed by atoms with Gasteiger partial charge in [0.2, 0.25) is 6.29 Å². The molecule has 0 saturated heterocycles. The van der Waals surface area contributed by atoms with Gasteiger partial charge in [0.25, 0.3) is 5.91 Å². The normalized spacial score (nSPS) is 10.1. The molecule has 0 aliphatic rings. The SMILES string of the molecule is O=CC(=O)NCCc1ccc2ccccc2c1. The van der Waals surface area contributed by atoms with Crippen LogP contribution in [0.1, 0.15) is 5.56 Å². The van der Waals surface area contributed by atoms with Gasteiger partial charge in [-0.2, -0.15) is 0 Å². The van der Waals surface area contributed by atoms with Crippen molar-refractivity contribution in [3.05, 3.63) is 48.0 Å². The molecule has 17 heavy (non-hydrogen) atoms. The largest absolute Gasteiger partial charge is 0.349 e. The summed E-state index contributed by atoms with van der Waals surface area (Å²) < 4.78 is 0. The highest BCUT2D eigenvalue weighted by Gasteiger charge is 1.99. The second-order valence-electron chi connectivity index (χ2n) is 3.84. The zero-order chi connectivity index (χ0) is 12.1. The predicted octanol–water partition coefficient (Wildman–Crippen LogP) is 1.70. The topological polar surface area (TPSA) is 46.2 Å². The van der Waals surface area contributed by atoms with Gasteiger partial charge in [-0.3, -0.25) is 9.59 Å². The maximum absolute atomic E-state index is 10.7. The van der Waals surface area contributed by atoms with Gasteiger partial charge < -0.3 is 5.32 Å². The molecule has 2 aromatic carbocycles. The van der Waals surface area contributed by atoms with Gasteiger partial charge in [-0.25, -0.2) is 0 Å². The van der Waals surface area contributed by atoms with Crippen molar-refractivity contribution in [3.8, 4) is 0 Å². The maximum atomic E-state index is 10.7. The number of carbonyl (C=O) groups excluding carboxylic acids is 2. The Hall–Kier alpha value is -2.16. The number of aldehydes is 1. The van der Waals surface area contributed by atoms with E-state index in [1.807, 2.05) is 18.2 Å². The molecule has 0 spiro atoms. The molecule has 0 fully saturated rings. The van der Waals surface area contributed by atoms with E-state index in [1.165, 1.54) is 10.8 Å². The van der Waals surface area contributed by atoms with E-state index in [9.17, 15) is 9.59 Å². The van der Waals surface area contributed by atoms with Crippen molar-refractivity contribution in [3.63, 3.8) is 0 Å². The molecule has 0 unspecified atom stereocenters. The number of nitrogens with one attached hydrogen (secondary N) is 1. The van der Waals surface area contributed by atoms with E-state index in [-0.39, 0.29) is 0 Å². The average Bonchev–Trinajstić information content (AvgIpc) is 2.38. The van der Waals surface area contributed by atoms with Gasteiger partial charge in [0.1, 0.15) is 0 Å². The Balaban J connectivity index is 2.04. The zero-order valence-electron chi connectivity index (χ0n) is 9.35. The van der Waals surface area contributed by atoms with Crippen molar-refractivity contribution in [2.24, 2.45) is 0 Å². The van der Waals surface area contributed by atoms with Crippen molar-refractivity contribution in [1.82, 2.24) is 5.32 Å². The van der Waals surface area contributed by atoms with Crippen LogP contribution in [0.2, 0.25) is 0 Å². The molecule has 0 heterocycles. The Labute approximate surface area is 99.4 Å². The summed E-state index contributed by atoms with van der Waals surface area (Å²) in [6.45, 7) is 0.482. The van der Waals surface area contributed by atoms with Crippen LogP contribution < -0.4 is 5.32 Å². The maximum Gasteiger partial charge on any atom is 0.284 e. The molecule has 3 heteroatoms. The first-order chi connectivity index (χ1) is 8.29. The lowest BCUT2D eigenvalue weighted by Crippen LogP contribution is -2.26. The lowest BCUT2D eigenvalue weighted by atomic mass is 10.1. The molecule has 0 saturated carbocycles. The molecule has 2 aromatic rings. The van der Waals surface area contributed by atoms with Crippen LogP contribution in [0.15, 0.2) is 42.5 Å². The van der Waals surface area contributed by atoms with E-state index in [0.29, 0.717) is 12.8 Å². The highest BCUT2D eigenvalue weighted by Crippen LogP contribution is 2.15. The van der Waals surface area contributed by atoms with E-state index in [2.05, 4.69) is 29.6 Å². The molecule has 0 aliphatic carbocycles. The fourth-order valence-electron chi connectivity index (χ4n) is 1.77. The summed E-state index contributed by atoms with van der Waals surface area (Å²) >= 11 is 0. The van der Waals surface area contributed by atoms with Crippen LogP contribution in [-0.4, -0.2) is 18.7 Å².